The molecule has 0 N–H and O–H groups in total. The van der Waals surface area contributed by atoms with Crippen LogP contribution in [0.3, 0.4) is 0 Å². The molecule has 0 aromatic carbocycles. The van der Waals surface area contributed by atoms with Gasteiger partial charge in [-0.3, -0.25) is 4.98 Å². The Morgan fingerprint density at radius 1 is 1.25 bits per heavy atom. The van der Waals surface area contributed by atoms with Gasteiger partial charge < -0.3 is 0 Å². The molecule has 0 saturated carbocycles. The van der Waals surface area contributed by atoms with Gasteiger partial charge in [-0.2, -0.15) is 0 Å². The second-order valence-corrected chi connectivity index (χ2v) is 5.64. The largest absolute Gasteiger partial charge is 0.262 e. The van der Waals surface area contributed by atoms with Crippen LogP contribution in [-0.2, 0) is 6.42 Å². The van der Waals surface area contributed by atoms with E-state index in [0.717, 1.165) is 12.1 Å². The van der Waals surface area contributed by atoms with E-state index in [9.17, 15) is 0 Å². The van der Waals surface area contributed by atoms with Crippen LogP contribution in [0.5, 0.6) is 0 Å². The van der Waals surface area contributed by atoms with Crippen LogP contribution in [-0.4, -0.2) is 4.98 Å². The average molecular weight is 231 g/mol. The number of thiophene rings is 1. The van der Waals surface area contributed by atoms with Gasteiger partial charge in [-0.15, -0.1) is 11.3 Å². The number of rotatable bonds is 3. The quantitative estimate of drug-likeness (QED) is 0.772. The Morgan fingerprint density at radius 2 is 2.06 bits per heavy atom. The topological polar surface area (TPSA) is 12.9 Å². The Hall–Kier alpha value is -1.15. The summed E-state index contributed by atoms with van der Waals surface area (Å²) in [5, 5.41) is 0. The van der Waals surface area contributed by atoms with E-state index in [0.29, 0.717) is 5.92 Å². The molecule has 0 spiro atoms. The lowest BCUT2D eigenvalue weighted by atomic mass is 10.1. The number of hydrogen-bond acceptors (Lipinski definition) is 2. The first-order chi connectivity index (χ1) is 7.65. The molecule has 0 bridgehead atoms. The van der Waals surface area contributed by atoms with Crippen molar-refractivity contribution in [3.63, 3.8) is 0 Å². The van der Waals surface area contributed by atoms with Gasteiger partial charge in [-0.05, 0) is 42.7 Å². The van der Waals surface area contributed by atoms with Gasteiger partial charge in [0.2, 0.25) is 0 Å². The van der Waals surface area contributed by atoms with Gasteiger partial charge in [-0.25, -0.2) is 0 Å². The zero-order valence-corrected chi connectivity index (χ0v) is 10.8. The standard InChI is InChI=1S/C14H17NS/c1-10(2)14-5-4-13(16-14)9-12-6-7-15-11(3)8-12/h4-8,10H,9H2,1-3H3. The lowest BCUT2D eigenvalue weighted by Gasteiger charge is -2.00. The van der Waals surface area contributed by atoms with Crippen molar-refractivity contribution in [3.8, 4) is 0 Å². The minimum absolute atomic E-state index is 0.637. The van der Waals surface area contributed by atoms with Gasteiger partial charge in [0.15, 0.2) is 0 Å². The molecule has 0 radical (unpaired) electrons. The molecule has 2 heterocycles. The fourth-order valence-electron chi connectivity index (χ4n) is 1.72. The first-order valence-corrected chi connectivity index (χ1v) is 6.47. The van der Waals surface area contributed by atoms with Crippen molar-refractivity contribution in [1.29, 1.82) is 0 Å². The highest BCUT2D eigenvalue weighted by molar-refractivity contribution is 7.12. The Balaban J connectivity index is 2.14. The molecule has 0 atom stereocenters. The van der Waals surface area contributed by atoms with E-state index in [-0.39, 0.29) is 0 Å². The van der Waals surface area contributed by atoms with Crippen molar-refractivity contribution in [1.82, 2.24) is 4.98 Å². The van der Waals surface area contributed by atoms with E-state index in [1.807, 2.05) is 24.5 Å². The third kappa shape index (κ3) is 2.70. The molecule has 2 heteroatoms. The van der Waals surface area contributed by atoms with E-state index < -0.39 is 0 Å². The Kier molecular flexibility index (Phi) is 3.39. The summed E-state index contributed by atoms with van der Waals surface area (Å²) in [6.07, 6.45) is 2.92. The zero-order chi connectivity index (χ0) is 11.5. The fourth-order valence-corrected chi connectivity index (χ4v) is 2.76. The maximum Gasteiger partial charge on any atom is 0.0375 e. The molecule has 1 nitrogen and oxygen atoms in total. The van der Waals surface area contributed by atoms with Crippen LogP contribution < -0.4 is 0 Å². The van der Waals surface area contributed by atoms with Gasteiger partial charge in [0, 0.05) is 28.1 Å². The molecular formula is C14H17NS. The van der Waals surface area contributed by atoms with Crippen LogP contribution in [0.15, 0.2) is 30.5 Å². The molecule has 0 aliphatic heterocycles. The zero-order valence-electron chi connectivity index (χ0n) is 10.0. The van der Waals surface area contributed by atoms with Crippen LogP contribution in [0.1, 0.15) is 40.8 Å². The summed E-state index contributed by atoms with van der Waals surface area (Å²) in [5.41, 5.74) is 2.45. The third-order valence-electron chi connectivity index (χ3n) is 2.59. The maximum absolute atomic E-state index is 4.22. The first kappa shape index (κ1) is 11.3. The van der Waals surface area contributed by atoms with Crippen LogP contribution in [0.25, 0.3) is 0 Å². The lowest BCUT2D eigenvalue weighted by Crippen LogP contribution is -1.87. The van der Waals surface area contributed by atoms with Crippen molar-refractivity contribution in [2.75, 3.05) is 0 Å². The molecular weight excluding hydrogens is 214 g/mol. The molecule has 16 heavy (non-hydrogen) atoms. The van der Waals surface area contributed by atoms with Gasteiger partial charge in [0.05, 0.1) is 0 Å². The monoisotopic (exact) mass is 231 g/mol. The predicted molar refractivity (Wildman–Crippen MR) is 70.2 cm³/mol. The molecule has 2 aromatic rings. The summed E-state index contributed by atoms with van der Waals surface area (Å²) in [5.74, 6) is 0.637. The highest BCUT2D eigenvalue weighted by atomic mass is 32.1. The molecule has 0 aliphatic carbocycles. The van der Waals surface area contributed by atoms with E-state index in [1.54, 1.807) is 0 Å². The second kappa shape index (κ2) is 4.79. The van der Waals surface area contributed by atoms with Crippen molar-refractivity contribution in [3.05, 3.63) is 51.5 Å². The summed E-state index contributed by atoms with van der Waals surface area (Å²) >= 11 is 1.92. The third-order valence-corrected chi connectivity index (χ3v) is 3.98. The predicted octanol–water partition coefficient (Wildman–Crippen LogP) is 4.17. The number of aromatic nitrogens is 1. The van der Waals surface area contributed by atoms with Crippen molar-refractivity contribution >= 4 is 11.3 Å². The van der Waals surface area contributed by atoms with E-state index in [1.165, 1.54) is 15.3 Å². The number of aryl methyl sites for hydroxylation is 1. The van der Waals surface area contributed by atoms with Crippen LogP contribution in [0.2, 0.25) is 0 Å². The summed E-state index contributed by atoms with van der Waals surface area (Å²) in [6, 6.07) is 8.75. The fraction of sp³-hybridized carbons (Fsp3) is 0.357. The summed E-state index contributed by atoms with van der Waals surface area (Å²) in [7, 11) is 0. The van der Waals surface area contributed by atoms with Gasteiger partial charge >= 0.3 is 0 Å². The second-order valence-electron chi connectivity index (χ2n) is 4.44. The minimum Gasteiger partial charge on any atom is -0.262 e. The Bertz CT molecular complexity index is 471. The van der Waals surface area contributed by atoms with E-state index >= 15 is 0 Å². The maximum atomic E-state index is 4.22. The van der Waals surface area contributed by atoms with Crippen molar-refractivity contribution < 1.29 is 0 Å². The van der Waals surface area contributed by atoms with Gasteiger partial charge in [-0.1, -0.05) is 13.8 Å². The number of pyridine rings is 1. The summed E-state index contributed by atoms with van der Waals surface area (Å²) in [6.45, 7) is 6.52. The molecule has 0 unspecified atom stereocenters. The molecule has 0 amide bonds. The average Bonchev–Trinajstić information content (AvgIpc) is 2.66. The smallest absolute Gasteiger partial charge is 0.0375 e. The highest BCUT2D eigenvalue weighted by Crippen LogP contribution is 2.25. The number of hydrogen-bond donors (Lipinski definition) is 0. The lowest BCUT2D eigenvalue weighted by molar-refractivity contribution is 0.890. The van der Waals surface area contributed by atoms with Crippen LogP contribution >= 0.6 is 11.3 Å². The van der Waals surface area contributed by atoms with Gasteiger partial charge in [0.1, 0.15) is 0 Å². The normalized spacial score (nSPS) is 11.0. The SMILES string of the molecule is Cc1cc(Cc2ccc(C(C)C)s2)ccn1. The van der Waals surface area contributed by atoms with Crippen molar-refractivity contribution in [2.24, 2.45) is 0 Å². The van der Waals surface area contributed by atoms with Crippen LogP contribution in [0.4, 0.5) is 0 Å². The van der Waals surface area contributed by atoms with Gasteiger partial charge in [0.25, 0.3) is 0 Å². The molecule has 0 saturated heterocycles. The number of nitrogens with zero attached hydrogens (tertiary/aromatic N) is 1. The minimum atomic E-state index is 0.637. The molecule has 2 aromatic heterocycles. The molecule has 84 valence electrons. The van der Waals surface area contributed by atoms with E-state index in [4.69, 9.17) is 0 Å². The summed E-state index contributed by atoms with van der Waals surface area (Å²) in [4.78, 5) is 7.13. The Labute approximate surface area is 101 Å². The van der Waals surface area contributed by atoms with Crippen molar-refractivity contribution in [2.45, 2.75) is 33.1 Å². The Morgan fingerprint density at radius 3 is 2.69 bits per heavy atom. The molecule has 0 aliphatic rings. The first-order valence-electron chi connectivity index (χ1n) is 5.65. The van der Waals surface area contributed by atoms with E-state index in [2.05, 4.69) is 43.1 Å². The van der Waals surface area contributed by atoms with Crippen LogP contribution in [0, 0.1) is 6.92 Å². The molecule has 0 fully saturated rings. The highest BCUT2D eigenvalue weighted by Gasteiger charge is 2.04. The summed E-state index contributed by atoms with van der Waals surface area (Å²) < 4.78 is 0. The molecule has 2 rings (SSSR count).